The summed E-state index contributed by atoms with van der Waals surface area (Å²) >= 11 is 6.60. The van der Waals surface area contributed by atoms with Gasteiger partial charge in [0.1, 0.15) is 0 Å². The summed E-state index contributed by atoms with van der Waals surface area (Å²) in [6.45, 7) is 0.445. The number of nitrogens with zero attached hydrogens (tertiary/aromatic N) is 1. The fourth-order valence-electron chi connectivity index (χ4n) is 1.72. The maximum Gasteiger partial charge on any atom is 0.264 e. The maximum atomic E-state index is 11.9. The molecule has 1 unspecified atom stereocenters. The third-order valence-corrected chi connectivity index (χ3v) is 3.63. The summed E-state index contributed by atoms with van der Waals surface area (Å²) in [4.78, 5) is 11.9. The number of hydrogen-bond acceptors (Lipinski definition) is 2. The van der Waals surface area contributed by atoms with Crippen molar-refractivity contribution in [2.24, 2.45) is 5.73 Å². The normalized spacial score (nSPS) is 12.4. The highest BCUT2D eigenvalue weighted by molar-refractivity contribution is 9.11. The molecule has 1 aromatic heterocycles. The first-order valence-corrected chi connectivity index (χ1v) is 7.02. The van der Waals surface area contributed by atoms with Crippen molar-refractivity contribution in [3.63, 3.8) is 0 Å². The number of rotatable bonds is 3. The second-order valence-corrected chi connectivity index (χ2v) is 5.75. The van der Waals surface area contributed by atoms with E-state index >= 15 is 0 Å². The Morgan fingerprint density at radius 3 is 2.56 bits per heavy atom. The molecule has 0 fully saturated rings. The third-order valence-electron chi connectivity index (χ3n) is 2.63. The van der Waals surface area contributed by atoms with Gasteiger partial charge in [-0.25, -0.2) is 0 Å². The van der Waals surface area contributed by atoms with E-state index in [0.717, 1.165) is 10.0 Å². The fourth-order valence-corrected chi connectivity index (χ4v) is 2.98. The minimum absolute atomic E-state index is 0.0791. The molecule has 0 radical (unpaired) electrons. The van der Waals surface area contributed by atoms with Gasteiger partial charge in [-0.1, -0.05) is 30.3 Å². The molecule has 0 spiro atoms. The number of halogens is 2. The topological polar surface area (TPSA) is 48.0 Å². The van der Waals surface area contributed by atoms with Crippen molar-refractivity contribution in [3.05, 3.63) is 67.5 Å². The van der Waals surface area contributed by atoms with Gasteiger partial charge in [-0.2, -0.15) is 0 Å². The Hall–Kier alpha value is -0.910. The third kappa shape index (κ3) is 3.10. The Kier molecular flexibility index (Phi) is 4.37. The van der Waals surface area contributed by atoms with Gasteiger partial charge in [0.25, 0.3) is 5.56 Å². The molecule has 3 nitrogen and oxygen atoms in total. The molecule has 5 heteroatoms. The molecule has 2 N–H and O–H groups in total. The molecule has 0 saturated carbocycles. The highest BCUT2D eigenvalue weighted by Gasteiger charge is 2.09. The summed E-state index contributed by atoms with van der Waals surface area (Å²) in [5.74, 6) is 0. The minimum atomic E-state index is -0.204. The van der Waals surface area contributed by atoms with Crippen LogP contribution in [-0.2, 0) is 6.54 Å². The predicted molar refractivity (Wildman–Crippen MR) is 79.5 cm³/mol. The monoisotopic (exact) mass is 370 g/mol. The Labute approximate surface area is 122 Å². The van der Waals surface area contributed by atoms with Crippen LogP contribution < -0.4 is 11.3 Å². The number of nitrogens with two attached hydrogens (primary N) is 1. The molecule has 0 aliphatic heterocycles. The van der Waals surface area contributed by atoms with E-state index in [0.29, 0.717) is 11.0 Å². The summed E-state index contributed by atoms with van der Waals surface area (Å²) in [6, 6.07) is 11.3. The van der Waals surface area contributed by atoms with Crippen LogP contribution in [0.25, 0.3) is 0 Å². The van der Waals surface area contributed by atoms with Gasteiger partial charge in [-0.3, -0.25) is 4.79 Å². The van der Waals surface area contributed by atoms with Crippen molar-refractivity contribution >= 4 is 31.9 Å². The second kappa shape index (κ2) is 5.82. The molecule has 0 bridgehead atoms. The van der Waals surface area contributed by atoms with Crippen LogP contribution in [0.3, 0.4) is 0 Å². The van der Waals surface area contributed by atoms with Crippen LogP contribution in [0.1, 0.15) is 11.6 Å². The number of hydrogen-bond donors (Lipinski definition) is 1. The van der Waals surface area contributed by atoms with E-state index in [1.165, 1.54) is 0 Å². The highest BCUT2D eigenvalue weighted by Crippen LogP contribution is 2.15. The Balaban J connectivity index is 2.27. The minimum Gasteiger partial charge on any atom is -0.322 e. The molecule has 2 aromatic rings. The van der Waals surface area contributed by atoms with Gasteiger partial charge in [0.05, 0.1) is 4.47 Å². The first kappa shape index (κ1) is 13.5. The van der Waals surface area contributed by atoms with E-state index in [9.17, 15) is 4.79 Å². The summed E-state index contributed by atoms with van der Waals surface area (Å²) < 4.78 is 2.97. The lowest BCUT2D eigenvalue weighted by Gasteiger charge is -2.14. The van der Waals surface area contributed by atoms with E-state index in [4.69, 9.17) is 5.73 Å². The Morgan fingerprint density at radius 1 is 1.22 bits per heavy atom. The Morgan fingerprint density at radius 2 is 1.89 bits per heavy atom. The first-order valence-electron chi connectivity index (χ1n) is 5.44. The van der Waals surface area contributed by atoms with Crippen LogP contribution >= 0.6 is 31.9 Å². The van der Waals surface area contributed by atoms with E-state index in [1.54, 1.807) is 16.8 Å². The van der Waals surface area contributed by atoms with Crippen molar-refractivity contribution in [1.29, 1.82) is 0 Å². The molecular weight excluding hydrogens is 360 g/mol. The van der Waals surface area contributed by atoms with Gasteiger partial charge >= 0.3 is 0 Å². The summed E-state index contributed by atoms with van der Waals surface area (Å²) in [6.07, 6.45) is 1.75. The second-order valence-electron chi connectivity index (χ2n) is 3.98. The highest BCUT2D eigenvalue weighted by atomic mass is 79.9. The van der Waals surface area contributed by atoms with Crippen LogP contribution in [0, 0.1) is 0 Å². The quantitative estimate of drug-likeness (QED) is 0.901. The lowest BCUT2D eigenvalue weighted by molar-refractivity contribution is 0.559. The van der Waals surface area contributed by atoms with Gasteiger partial charge in [0, 0.05) is 23.3 Å². The average molecular weight is 372 g/mol. The molecule has 2 rings (SSSR count). The van der Waals surface area contributed by atoms with Gasteiger partial charge in [0.2, 0.25) is 0 Å². The van der Waals surface area contributed by atoms with Gasteiger partial charge in [0.15, 0.2) is 0 Å². The predicted octanol–water partition coefficient (Wildman–Crippen LogP) is 3.07. The van der Waals surface area contributed by atoms with Gasteiger partial charge in [-0.05, 0) is 43.5 Å². The zero-order chi connectivity index (χ0) is 13.1. The summed E-state index contributed by atoms with van der Waals surface area (Å²) in [5.41, 5.74) is 7.04. The van der Waals surface area contributed by atoms with Crippen LogP contribution in [-0.4, -0.2) is 4.57 Å². The van der Waals surface area contributed by atoms with Gasteiger partial charge in [-0.15, -0.1) is 0 Å². The molecule has 1 aromatic carbocycles. The molecular formula is C13H12Br2N2O. The van der Waals surface area contributed by atoms with Crippen molar-refractivity contribution in [2.45, 2.75) is 12.6 Å². The fraction of sp³-hybridized carbons (Fsp3) is 0.154. The zero-order valence-corrected chi connectivity index (χ0v) is 12.7. The van der Waals surface area contributed by atoms with Gasteiger partial charge < -0.3 is 10.3 Å². The summed E-state index contributed by atoms with van der Waals surface area (Å²) in [5, 5.41) is 0. The largest absolute Gasteiger partial charge is 0.322 e. The zero-order valence-electron chi connectivity index (χ0n) is 9.51. The SMILES string of the molecule is NC(Cn1cc(Br)cc(Br)c1=O)c1ccccc1. The lowest BCUT2D eigenvalue weighted by atomic mass is 10.1. The standard InChI is InChI=1S/C13H12Br2N2O/c14-10-6-11(15)13(18)17(7-10)8-12(16)9-4-2-1-3-5-9/h1-7,12H,8,16H2. The number of benzene rings is 1. The molecule has 1 heterocycles. The van der Waals surface area contributed by atoms with Crippen LogP contribution in [0.2, 0.25) is 0 Å². The van der Waals surface area contributed by atoms with Crippen LogP contribution in [0.5, 0.6) is 0 Å². The van der Waals surface area contributed by atoms with E-state index < -0.39 is 0 Å². The Bertz CT molecular complexity index is 596. The average Bonchev–Trinajstić information content (AvgIpc) is 2.36. The number of aromatic nitrogens is 1. The van der Waals surface area contributed by atoms with Crippen LogP contribution in [0.4, 0.5) is 0 Å². The number of pyridine rings is 1. The van der Waals surface area contributed by atoms with E-state index in [2.05, 4.69) is 31.9 Å². The lowest BCUT2D eigenvalue weighted by Crippen LogP contribution is -2.26. The van der Waals surface area contributed by atoms with E-state index in [1.807, 2.05) is 30.3 Å². The molecule has 0 aliphatic carbocycles. The van der Waals surface area contributed by atoms with Crippen molar-refractivity contribution in [3.8, 4) is 0 Å². The van der Waals surface area contributed by atoms with Crippen molar-refractivity contribution in [1.82, 2.24) is 4.57 Å². The molecule has 18 heavy (non-hydrogen) atoms. The van der Waals surface area contributed by atoms with Crippen LogP contribution in [0.15, 0.2) is 56.3 Å². The maximum absolute atomic E-state index is 11.9. The molecule has 1 atom stereocenters. The van der Waals surface area contributed by atoms with E-state index in [-0.39, 0.29) is 11.6 Å². The summed E-state index contributed by atoms with van der Waals surface area (Å²) in [7, 11) is 0. The smallest absolute Gasteiger partial charge is 0.264 e. The molecule has 0 saturated heterocycles. The van der Waals surface area contributed by atoms with Crippen molar-refractivity contribution < 1.29 is 0 Å². The van der Waals surface area contributed by atoms with Crippen molar-refractivity contribution in [2.75, 3.05) is 0 Å². The molecule has 94 valence electrons. The molecule has 0 aliphatic rings. The molecule has 0 amide bonds. The first-order chi connectivity index (χ1) is 8.58.